The van der Waals surface area contributed by atoms with Crippen molar-refractivity contribution in [2.75, 3.05) is 0 Å². The van der Waals surface area contributed by atoms with Crippen LogP contribution >= 0.6 is 0 Å². The molecule has 1 aromatic rings. The summed E-state index contributed by atoms with van der Waals surface area (Å²) in [6.45, 7) is 8.52. The number of unbranched alkanes of at least 4 members (excludes halogenated alkanes) is 2. The third-order valence-electron chi connectivity index (χ3n) is 6.04. The Balaban J connectivity index is 2.02. The van der Waals surface area contributed by atoms with E-state index in [1.165, 1.54) is 12.8 Å². The molecule has 1 aliphatic heterocycles. The van der Waals surface area contributed by atoms with Gasteiger partial charge in [0.2, 0.25) is 0 Å². The van der Waals surface area contributed by atoms with Gasteiger partial charge in [-0.25, -0.2) is 0 Å². The number of hydrogen-bond donors (Lipinski definition) is 2. The quantitative estimate of drug-likeness (QED) is 0.769. The number of phenols is 1. The van der Waals surface area contributed by atoms with E-state index in [0.29, 0.717) is 23.7 Å². The van der Waals surface area contributed by atoms with Crippen molar-refractivity contribution in [3.8, 4) is 11.5 Å². The largest absolute Gasteiger partial charge is 0.507 e. The van der Waals surface area contributed by atoms with Crippen molar-refractivity contribution in [1.82, 2.24) is 0 Å². The Hall–Kier alpha value is -1.22. The molecular weight excluding hydrogens is 300 g/mol. The first kappa shape index (κ1) is 17.6. The SMILES string of the molecule is CCCCCc1cc(O)c2c(c1)OC(C)(C)[C@@H]1CC[C@H](C)C[C@@]21O. The lowest BCUT2D eigenvalue weighted by atomic mass is 9.61. The van der Waals surface area contributed by atoms with Gasteiger partial charge in [-0.3, -0.25) is 0 Å². The standard InChI is InChI=1S/C21H32O3/c1-5-6-7-8-15-11-16(22)19-17(12-15)24-20(3,4)18-10-9-14(2)13-21(18,19)23/h11-12,14,18,22-23H,5-10,13H2,1-4H3/t14-,18-,21-/m0/s1. The van der Waals surface area contributed by atoms with E-state index in [9.17, 15) is 10.2 Å². The van der Waals surface area contributed by atoms with E-state index in [2.05, 4.69) is 27.7 Å². The minimum atomic E-state index is -0.985. The molecule has 1 heterocycles. The molecule has 1 saturated carbocycles. The van der Waals surface area contributed by atoms with Crippen LogP contribution in [-0.2, 0) is 12.0 Å². The van der Waals surface area contributed by atoms with Crippen LogP contribution in [0.1, 0.15) is 77.3 Å². The summed E-state index contributed by atoms with van der Waals surface area (Å²) in [5, 5.41) is 22.3. The molecule has 0 unspecified atom stereocenters. The monoisotopic (exact) mass is 332 g/mol. The van der Waals surface area contributed by atoms with E-state index in [1.54, 1.807) is 0 Å². The van der Waals surface area contributed by atoms with Crippen LogP contribution in [0.4, 0.5) is 0 Å². The van der Waals surface area contributed by atoms with Gasteiger partial charge in [-0.1, -0.05) is 33.1 Å². The summed E-state index contributed by atoms with van der Waals surface area (Å²) < 4.78 is 6.30. The molecule has 2 aliphatic rings. The molecule has 0 radical (unpaired) electrons. The van der Waals surface area contributed by atoms with E-state index in [1.807, 2.05) is 12.1 Å². The van der Waals surface area contributed by atoms with Crippen LogP contribution in [0.15, 0.2) is 12.1 Å². The first-order chi connectivity index (χ1) is 11.3. The lowest BCUT2D eigenvalue weighted by Crippen LogP contribution is -2.56. The fourth-order valence-corrected chi connectivity index (χ4v) is 4.91. The molecule has 1 aromatic carbocycles. The molecule has 3 rings (SSSR count). The number of ether oxygens (including phenoxy) is 1. The Kier molecular flexibility index (Phi) is 4.59. The molecule has 134 valence electrons. The lowest BCUT2D eigenvalue weighted by molar-refractivity contribution is -0.156. The van der Waals surface area contributed by atoms with Crippen LogP contribution in [0.25, 0.3) is 0 Å². The van der Waals surface area contributed by atoms with Crippen LogP contribution in [0.5, 0.6) is 11.5 Å². The van der Waals surface area contributed by atoms with Crippen molar-refractivity contribution in [3.63, 3.8) is 0 Å². The van der Waals surface area contributed by atoms with Crippen LogP contribution in [0, 0.1) is 11.8 Å². The maximum Gasteiger partial charge on any atom is 0.130 e. The summed E-state index contributed by atoms with van der Waals surface area (Å²) in [4.78, 5) is 0. The molecule has 1 aliphatic carbocycles. The minimum Gasteiger partial charge on any atom is -0.507 e. The van der Waals surface area contributed by atoms with Crippen molar-refractivity contribution >= 4 is 0 Å². The van der Waals surface area contributed by atoms with Crippen molar-refractivity contribution in [3.05, 3.63) is 23.3 Å². The first-order valence-electron chi connectivity index (χ1n) is 9.55. The Morgan fingerprint density at radius 1 is 1.21 bits per heavy atom. The highest BCUT2D eigenvalue weighted by molar-refractivity contribution is 5.53. The van der Waals surface area contributed by atoms with Gasteiger partial charge in [-0.15, -0.1) is 0 Å². The number of phenolic OH excluding ortho intramolecular Hbond substituents is 1. The Morgan fingerprint density at radius 2 is 1.96 bits per heavy atom. The maximum absolute atomic E-state index is 11.6. The summed E-state index contributed by atoms with van der Waals surface area (Å²) in [5.41, 5.74) is 0.316. The number of aryl methyl sites for hydroxylation is 1. The molecule has 3 nitrogen and oxygen atoms in total. The molecule has 0 aromatic heterocycles. The van der Waals surface area contributed by atoms with Gasteiger partial charge in [-0.05, 0) is 63.1 Å². The van der Waals surface area contributed by atoms with Gasteiger partial charge in [-0.2, -0.15) is 0 Å². The molecule has 1 fully saturated rings. The Labute approximate surface area is 146 Å². The van der Waals surface area contributed by atoms with E-state index in [0.717, 1.165) is 31.2 Å². The second-order valence-electron chi connectivity index (χ2n) is 8.51. The number of aliphatic hydroxyl groups is 1. The number of hydrogen-bond acceptors (Lipinski definition) is 3. The summed E-state index contributed by atoms with van der Waals surface area (Å²) >= 11 is 0. The van der Waals surface area contributed by atoms with Gasteiger partial charge in [0.25, 0.3) is 0 Å². The Morgan fingerprint density at radius 3 is 2.67 bits per heavy atom. The van der Waals surface area contributed by atoms with E-state index < -0.39 is 11.2 Å². The van der Waals surface area contributed by atoms with E-state index in [4.69, 9.17) is 4.74 Å². The average molecular weight is 332 g/mol. The molecule has 3 heteroatoms. The van der Waals surface area contributed by atoms with Gasteiger partial charge in [0.05, 0.1) is 5.56 Å². The molecule has 3 atom stereocenters. The molecule has 0 bridgehead atoms. The van der Waals surface area contributed by atoms with Crippen LogP contribution < -0.4 is 4.74 Å². The number of benzene rings is 1. The van der Waals surface area contributed by atoms with Gasteiger partial charge in [0.15, 0.2) is 0 Å². The van der Waals surface area contributed by atoms with Crippen LogP contribution in [0.3, 0.4) is 0 Å². The van der Waals surface area contributed by atoms with Crippen molar-refractivity contribution in [2.45, 2.75) is 83.8 Å². The highest BCUT2D eigenvalue weighted by Gasteiger charge is 2.56. The summed E-state index contributed by atoms with van der Waals surface area (Å²) in [6, 6.07) is 3.88. The van der Waals surface area contributed by atoms with Gasteiger partial charge >= 0.3 is 0 Å². The second-order valence-corrected chi connectivity index (χ2v) is 8.51. The molecule has 0 saturated heterocycles. The average Bonchev–Trinajstić information content (AvgIpc) is 2.45. The zero-order valence-corrected chi connectivity index (χ0v) is 15.6. The highest BCUT2D eigenvalue weighted by atomic mass is 16.5. The highest BCUT2D eigenvalue weighted by Crippen LogP contribution is 2.57. The normalized spacial score (nSPS) is 31.0. The fraction of sp³-hybridized carbons (Fsp3) is 0.714. The van der Waals surface area contributed by atoms with Gasteiger partial charge in [0.1, 0.15) is 22.7 Å². The zero-order chi connectivity index (χ0) is 17.5. The van der Waals surface area contributed by atoms with E-state index >= 15 is 0 Å². The number of fused-ring (bicyclic) bond motifs is 3. The van der Waals surface area contributed by atoms with Gasteiger partial charge < -0.3 is 14.9 Å². The van der Waals surface area contributed by atoms with E-state index in [-0.39, 0.29) is 11.7 Å². The van der Waals surface area contributed by atoms with Crippen LogP contribution in [0.2, 0.25) is 0 Å². The molecular formula is C21H32O3. The molecule has 2 N–H and O–H groups in total. The maximum atomic E-state index is 11.6. The third-order valence-corrected chi connectivity index (χ3v) is 6.04. The molecule has 0 spiro atoms. The molecule has 0 amide bonds. The van der Waals surface area contributed by atoms with Crippen molar-refractivity contribution in [2.24, 2.45) is 11.8 Å². The van der Waals surface area contributed by atoms with Crippen molar-refractivity contribution in [1.29, 1.82) is 0 Å². The molecule has 24 heavy (non-hydrogen) atoms. The Bertz CT molecular complexity index is 607. The first-order valence-corrected chi connectivity index (χ1v) is 9.55. The number of aromatic hydroxyl groups is 1. The summed E-state index contributed by atoms with van der Waals surface area (Å²) in [5.74, 6) is 1.36. The topological polar surface area (TPSA) is 49.7 Å². The lowest BCUT2D eigenvalue weighted by Gasteiger charge is -2.53. The minimum absolute atomic E-state index is 0.0190. The summed E-state index contributed by atoms with van der Waals surface area (Å²) in [7, 11) is 0. The fourth-order valence-electron chi connectivity index (χ4n) is 4.91. The van der Waals surface area contributed by atoms with Crippen molar-refractivity contribution < 1.29 is 14.9 Å². The second kappa shape index (κ2) is 6.25. The zero-order valence-electron chi connectivity index (χ0n) is 15.6. The van der Waals surface area contributed by atoms with Gasteiger partial charge in [0, 0.05) is 5.92 Å². The predicted octanol–water partition coefficient (Wildman–Crippen LogP) is 4.92. The predicted molar refractivity (Wildman–Crippen MR) is 96.4 cm³/mol. The summed E-state index contributed by atoms with van der Waals surface area (Å²) in [6.07, 6.45) is 7.15. The smallest absolute Gasteiger partial charge is 0.130 e. The number of rotatable bonds is 4. The third kappa shape index (κ3) is 2.92. The van der Waals surface area contributed by atoms with Crippen LogP contribution in [-0.4, -0.2) is 15.8 Å².